The summed E-state index contributed by atoms with van der Waals surface area (Å²) in [6.45, 7) is 1.89. The van der Waals surface area contributed by atoms with Gasteiger partial charge in [0.05, 0.1) is 16.3 Å². The van der Waals surface area contributed by atoms with Gasteiger partial charge >= 0.3 is 5.97 Å². The standard InChI is InChI=1S/C14H12N2O3S/c1-9-15-12(8-20-9)5-6-13(17)16-11-4-2-3-10(7-11)14(18)19/h2-8H,1H3,(H,16,17)(H,18,19)/b6-5+. The average molecular weight is 288 g/mol. The number of nitrogens with zero attached hydrogens (tertiary/aromatic N) is 1. The van der Waals surface area contributed by atoms with Gasteiger partial charge in [0.1, 0.15) is 0 Å². The molecule has 20 heavy (non-hydrogen) atoms. The summed E-state index contributed by atoms with van der Waals surface area (Å²) in [4.78, 5) is 26.7. The largest absolute Gasteiger partial charge is 0.478 e. The minimum atomic E-state index is -1.03. The van der Waals surface area contributed by atoms with Gasteiger partial charge in [-0.2, -0.15) is 0 Å². The Bertz CT molecular complexity index is 677. The van der Waals surface area contributed by atoms with E-state index in [1.807, 2.05) is 12.3 Å². The van der Waals surface area contributed by atoms with Gasteiger partial charge < -0.3 is 10.4 Å². The number of amides is 1. The molecule has 6 heteroatoms. The molecule has 0 aliphatic rings. The fraction of sp³-hybridized carbons (Fsp3) is 0.0714. The topological polar surface area (TPSA) is 79.3 Å². The molecule has 1 heterocycles. The molecule has 1 aromatic heterocycles. The van der Waals surface area contributed by atoms with Crippen LogP contribution in [0.4, 0.5) is 5.69 Å². The zero-order valence-corrected chi connectivity index (χ0v) is 11.5. The van der Waals surface area contributed by atoms with E-state index in [2.05, 4.69) is 10.3 Å². The molecule has 0 saturated heterocycles. The van der Waals surface area contributed by atoms with E-state index in [9.17, 15) is 9.59 Å². The number of carbonyl (C=O) groups excluding carboxylic acids is 1. The summed E-state index contributed by atoms with van der Waals surface area (Å²) in [5, 5.41) is 14.2. The molecule has 2 rings (SSSR count). The maximum Gasteiger partial charge on any atom is 0.335 e. The van der Waals surface area contributed by atoms with E-state index in [4.69, 9.17) is 5.11 Å². The molecule has 0 spiro atoms. The number of carboxylic acids is 1. The maximum atomic E-state index is 11.7. The quantitative estimate of drug-likeness (QED) is 0.848. The number of anilines is 1. The highest BCUT2D eigenvalue weighted by Gasteiger charge is 2.04. The number of rotatable bonds is 4. The molecule has 0 atom stereocenters. The number of carboxylic acid groups (broad SMARTS) is 1. The van der Waals surface area contributed by atoms with Gasteiger partial charge in [0.15, 0.2) is 0 Å². The van der Waals surface area contributed by atoms with Crippen molar-refractivity contribution in [1.29, 1.82) is 0 Å². The van der Waals surface area contributed by atoms with Crippen molar-refractivity contribution < 1.29 is 14.7 Å². The molecular formula is C14H12N2O3S. The third kappa shape index (κ3) is 3.76. The third-order valence-electron chi connectivity index (χ3n) is 2.42. The molecule has 102 valence electrons. The van der Waals surface area contributed by atoms with Gasteiger partial charge in [0, 0.05) is 17.1 Å². The number of aromatic carboxylic acids is 1. The first-order valence-electron chi connectivity index (χ1n) is 5.79. The second-order valence-corrected chi connectivity index (χ2v) is 5.06. The number of aromatic nitrogens is 1. The van der Waals surface area contributed by atoms with Gasteiger partial charge in [-0.05, 0) is 31.2 Å². The Morgan fingerprint density at radius 1 is 1.40 bits per heavy atom. The van der Waals surface area contributed by atoms with Crippen molar-refractivity contribution in [2.75, 3.05) is 5.32 Å². The molecule has 0 bridgehead atoms. The van der Waals surface area contributed by atoms with E-state index >= 15 is 0 Å². The third-order valence-corrected chi connectivity index (χ3v) is 3.21. The van der Waals surface area contributed by atoms with Gasteiger partial charge in [0.2, 0.25) is 5.91 Å². The van der Waals surface area contributed by atoms with E-state index in [1.165, 1.54) is 29.5 Å². The minimum Gasteiger partial charge on any atom is -0.478 e. The Hall–Kier alpha value is -2.47. The first kappa shape index (κ1) is 14.0. The van der Waals surface area contributed by atoms with Gasteiger partial charge in [0.25, 0.3) is 0 Å². The van der Waals surface area contributed by atoms with E-state index < -0.39 is 5.97 Å². The van der Waals surface area contributed by atoms with Crippen molar-refractivity contribution in [3.8, 4) is 0 Å². The number of nitrogens with one attached hydrogen (secondary N) is 1. The van der Waals surface area contributed by atoms with E-state index in [-0.39, 0.29) is 11.5 Å². The lowest BCUT2D eigenvalue weighted by molar-refractivity contribution is -0.111. The van der Waals surface area contributed by atoms with Crippen LogP contribution in [0.25, 0.3) is 6.08 Å². The van der Waals surface area contributed by atoms with E-state index in [0.717, 1.165) is 10.7 Å². The van der Waals surface area contributed by atoms with Crippen LogP contribution in [0.15, 0.2) is 35.7 Å². The van der Waals surface area contributed by atoms with E-state index in [1.54, 1.807) is 18.2 Å². The molecule has 0 unspecified atom stereocenters. The van der Waals surface area contributed by atoms with Crippen molar-refractivity contribution in [2.24, 2.45) is 0 Å². The summed E-state index contributed by atoms with van der Waals surface area (Å²) in [5.41, 5.74) is 1.29. The summed E-state index contributed by atoms with van der Waals surface area (Å²) in [7, 11) is 0. The van der Waals surface area contributed by atoms with Crippen molar-refractivity contribution in [1.82, 2.24) is 4.98 Å². The monoisotopic (exact) mass is 288 g/mol. The fourth-order valence-corrected chi connectivity index (χ4v) is 2.11. The second-order valence-electron chi connectivity index (χ2n) is 4.00. The SMILES string of the molecule is Cc1nc(/C=C/C(=O)Nc2cccc(C(=O)O)c2)cs1. The average Bonchev–Trinajstić information content (AvgIpc) is 2.82. The number of aryl methyl sites for hydroxylation is 1. The summed E-state index contributed by atoms with van der Waals surface area (Å²) in [5.74, 6) is -1.37. The van der Waals surface area contributed by atoms with Gasteiger partial charge in [-0.3, -0.25) is 4.79 Å². The van der Waals surface area contributed by atoms with Crippen LogP contribution in [0.2, 0.25) is 0 Å². The Balaban J connectivity index is 2.02. The van der Waals surface area contributed by atoms with Crippen LogP contribution < -0.4 is 5.32 Å². The molecule has 1 aromatic carbocycles. The highest BCUT2D eigenvalue weighted by Crippen LogP contribution is 2.12. The predicted molar refractivity (Wildman–Crippen MR) is 77.9 cm³/mol. The molecule has 0 saturated carbocycles. The first-order chi connectivity index (χ1) is 9.54. The first-order valence-corrected chi connectivity index (χ1v) is 6.67. The Labute approximate surface area is 119 Å². The summed E-state index contributed by atoms with van der Waals surface area (Å²) < 4.78 is 0. The van der Waals surface area contributed by atoms with Crippen molar-refractivity contribution >= 4 is 35.0 Å². The number of thiazole rings is 1. The van der Waals surface area contributed by atoms with Gasteiger partial charge in [-0.1, -0.05) is 6.07 Å². The molecular weight excluding hydrogens is 276 g/mol. The molecule has 0 fully saturated rings. The lowest BCUT2D eigenvalue weighted by Gasteiger charge is -2.02. The predicted octanol–water partition coefficient (Wildman–Crippen LogP) is 2.80. The van der Waals surface area contributed by atoms with Crippen LogP contribution in [-0.2, 0) is 4.79 Å². The molecule has 2 N–H and O–H groups in total. The highest BCUT2D eigenvalue weighted by atomic mass is 32.1. The van der Waals surface area contributed by atoms with Crippen LogP contribution in [-0.4, -0.2) is 22.0 Å². The van der Waals surface area contributed by atoms with Crippen molar-refractivity contribution in [2.45, 2.75) is 6.92 Å². The maximum absolute atomic E-state index is 11.7. The van der Waals surface area contributed by atoms with Crippen molar-refractivity contribution in [3.63, 3.8) is 0 Å². The van der Waals surface area contributed by atoms with Gasteiger partial charge in [-0.25, -0.2) is 9.78 Å². The lowest BCUT2D eigenvalue weighted by atomic mass is 10.2. The zero-order valence-electron chi connectivity index (χ0n) is 10.7. The Morgan fingerprint density at radius 2 is 2.20 bits per heavy atom. The molecule has 0 aliphatic heterocycles. The normalized spacial score (nSPS) is 10.7. The smallest absolute Gasteiger partial charge is 0.335 e. The number of hydrogen-bond acceptors (Lipinski definition) is 4. The van der Waals surface area contributed by atoms with E-state index in [0.29, 0.717) is 5.69 Å². The Morgan fingerprint density at radius 3 is 2.85 bits per heavy atom. The number of hydrogen-bond donors (Lipinski definition) is 2. The molecule has 5 nitrogen and oxygen atoms in total. The molecule has 1 amide bonds. The molecule has 0 aliphatic carbocycles. The minimum absolute atomic E-state index is 0.127. The van der Waals surface area contributed by atoms with Gasteiger partial charge in [-0.15, -0.1) is 11.3 Å². The zero-order chi connectivity index (χ0) is 14.5. The summed E-state index contributed by atoms with van der Waals surface area (Å²) >= 11 is 1.51. The van der Waals surface area contributed by atoms with Crippen LogP contribution in [0, 0.1) is 6.92 Å². The van der Waals surface area contributed by atoms with Crippen LogP contribution >= 0.6 is 11.3 Å². The van der Waals surface area contributed by atoms with Crippen LogP contribution in [0.5, 0.6) is 0 Å². The summed E-state index contributed by atoms with van der Waals surface area (Å²) in [6, 6.07) is 6.07. The van der Waals surface area contributed by atoms with Crippen molar-refractivity contribution in [3.05, 3.63) is 52.0 Å². The van der Waals surface area contributed by atoms with Crippen LogP contribution in [0.1, 0.15) is 21.1 Å². The molecule has 0 radical (unpaired) electrons. The Kier molecular flexibility index (Phi) is 4.27. The van der Waals surface area contributed by atoms with Crippen LogP contribution in [0.3, 0.4) is 0 Å². The molecule has 2 aromatic rings. The highest BCUT2D eigenvalue weighted by molar-refractivity contribution is 7.09. The second kappa shape index (κ2) is 6.12. The number of carbonyl (C=O) groups is 2. The fourth-order valence-electron chi connectivity index (χ4n) is 1.53. The number of benzene rings is 1. The lowest BCUT2D eigenvalue weighted by Crippen LogP contribution is -2.08. The summed E-state index contributed by atoms with van der Waals surface area (Å²) in [6.07, 6.45) is 2.97.